The van der Waals surface area contributed by atoms with E-state index in [9.17, 15) is 10.5 Å². The van der Waals surface area contributed by atoms with Gasteiger partial charge in [0.15, 0.2) is 0 Å². The Kier molecular flexibility index (Phi) is 6.75. The van der Waals surface area contributed by atoms with Crippen molar-refractivity contribution in [1.29, 1.82) is 10.5 Å². The Morgan fingerprint density at radius 1 is 0.612 bits per heavy atom. The number of hydrogen-bond donors (Lipinski definition) is 0. The lowest BCUT2D eigenvalue weighted by Crippen LogP contribution is -2.22. The first-order chi connectivity index (χ1) is 24.3. The molecule has 0 radical (unpaired) electrons. The van der Waals surface area contributed by atoms with E-state index in [0.717, 1.165) is 60.9 Å². The third-order valence-electron chi connectivity index (χ3n) is 10.0. The molecular formula is C45H30N4. The van der Waals surface area contributed by atoms with Gasteiger partial charge < -0.3 is 9.13 Å². The summed E-state index contributed by atoms with van der Waals surface area (Å²) in [4.78, 5) is 0. The number of rotatable bonds is 4. The van der Waals surface area contributed by atoms with Gasteiger partial charge in [0.05, 0.1) is 51.4 Å². The lowest BCUT2D eigenvalue weighted by molar-refractivity contribution is 0.653. The van der Waals surface area contributed by atoms with Gasteiger partial charge >= 0.3 is 0 Å². The van der Waals surface area contributed by atoms with E-state index in [1.807, 2.05) is 18.2 Å². The molecule has 0 saturated heterocycles. The highest BCUT2D eigenvalue weighted by Gasteiger charge is 2.34. The van der Waals surface area contributed by atoms with Gasteiger partial charge in [0.25, 0.3) is 0 Å². The number of para-hydroxylation sites is 5. The smallest absolute Gasteiger partial charge is 0.0998 e. The molecule has 0 aliphatic heterocycles. The molecule has 0 amide bonds. The highest BCUT2D eigenvalue weighted by molar-refractivity contribution is 6.11. The molecule has 0 fully saturated rings. The molecule has 2 heterocycles. The Bertz CT molecular complexity index is 2620. The Hall–Kier alpha value is -6.62. The first-order valence-corrected chi connectivity index (χ1v) is 16.6. The molecule has 0 bridgehead atoms. The summed E-state index contributed by atoms with van der Waals surface area (Å²) in [5.41, 5.74) is 9.70. The van der Waals surface area contributed by atoms with E-state index in [1.165, 1.54) is 10.8 Å². The summed E-state index contributed by atoms with van der Waals surface area (Å²) in [7, 11) is 0. The number of benzene rings is 5. The second-order valence-corrected chi connectivity index (χ2v) is 12.6. The van der Waals surface area contributed by atoms with Gasteiger partial charge in [-0.1, -0.05) is 115 Å². The monoisotopic (exact) mass is 626 g/mol. The summed E-state index contributed by atoms with van der Waals surface area (Å²) in [6, 6.07) is 47.4. The van der Waals surface area contributed by atoms with Gasteiger partial charge in [0, 0.05) is 44.3 Å². The van der Waals surface area contributed by atoms with E-state index in [0.29, 0.717) is 12.0 Å². The van der Waals surface area contributed by atoms with E-state index in [1.54, 1.807) is 0 Å². The van der Waals surface area contributed by atoms with Crippen LogP contribution in [0.2, 0.25) is 0 Å². The minimum Gasteiger partial charge on any atom is -0.312 e. The molecule has 4 nitrogen and oxygen atoms in total. The predicted octanol–water partition coefficient (Wildman–Crippen LogP) is 10.9. The topological polar surface area (TPSA) is 57.4 Å². The van der Waals surface area contributed by atoms with E-state index in [2.05, 4.69) is 161 Å². The van der Waals surface area contributed by atoms with Crippen LogP contribution in [0.25, 0.3) is 60.6 Å². The highest BCUT2D eigenvalue weighted by atomic mass is 15.0. The summed E-state index contributed by atoms with van der Waals surface area (Å²) >= 11 is 0. The van der Waals surface area contributed by atoms with E-state index in [-0.39, 0.29) is 5.92 Å². The quantitative estimate of drug-likeness (QED) is 0.195. The maximum absolute atomic E-state index is 11.0. The molecule has 0 N–H and O–H groups in total. The predicted molar refractivity (Wildman–Crippen MR) is 201 cm³/mol. The molecule has 2 aromatic heterocycles. The maximum Gasteiger partial charge on any atom is 0.0998 e. The van der Waals surface area contributed by atoms with Crippen LogP contribution in [-0.4, -0.2) is 9.13 Å². The molecule has 2 unspecified atom stereocenters. The van der Waals surface area contributed by atoms with Crippen molar-refractivity contribution in [1.82, 2.24) is 9.13 Å². The number of hydrogen-bond acceptors (Lipinski definition) is 2. The Morgan fingerprint density at radius 2 is 1.14 bits per heavy atom. The number of allylic oxidation sites excluding steroid dienone is 10. The number of nitriles is 2. The lowest BCUT2D eigenvalue weighted by Gasteiger charge is -2.30. The first-order valence-electron chi connectivity index (χ1n) is 16.6. The minimum absolute atomic E-state index is 0.283. The molecular weight excluding hydrogens is 597 g/mol. The molecule has 7 aromatic rings. The Balaban J connectivity index is 1.25. The average molecular weight is 627 g/mol. The van der Waals surface area contributed by atoms with Crippen LogP contribution in [0.5, 0.6) is 0 Å². The van der Waals surface area contributed by atoms with Crippen LogP contribution in [0.4, 0.5) is 0 Å². The van der Waals surface area contributed by atoms with Crippen LogP contribution in [0.1, 0.15) is 12.0 Å². The minimum atomic E-state index is -0.496. The van der Waals surface area contributed by atoms with Crippen LogP contribution in [0, 0.1) is 34.5 Å². The van der Waals surface area contributed by atoms with Crippen LogP contribution >= 0.6 is 0 Å². The van der Waals surface area contributed by atoms with Gasteiger partial charge in [-0.2, -0.15) is 10.5 Å². The number of nitrogens with zero attached hydrogens (tertiary/aromatic N) is 4. The van der Waals surface area contributed by atoms with E-state index >= 15 is 0 Å². The Morgan fingerprint density at radius 3 is 1.71 bits per heavy atom. The molecule has 5 aromatic carbocycles. The van der Waals surface area contributed by atoms with Gasteiger partial charge in [-0.25, -0.2) is 0 Å². The fourth-order valence-electron chi connectivity index (χ4n) is 8.00. The molecule has 0 spiro atoms. The summed E-state index contributed by atoms with van der Waals surface area (Å²) in [6.07, 6.45) is 13.2. The fraction of sp³-hybridized carbons (Fsp3) is 0.0667. The summed E-state index contributed by atoms with van der Waals surface area (Å²) in [5.74, 6) is -0.779. The standard InChI is InChI=1S/C45H30N4/c46-28-30-14-1-2-19-36(31-21-13-27-44(38(31)29-47)49-41-24-10-5-17-34(41)35-18-6-11-25-42(35)49)45(30)37-20-7-12-26-43(37)48-39-22-8-3-15-32(39)33-16-4-9-23-40(33)48/h1,3-27,31,38H,2H2. The fourth-order valence-corrected chi connectivity index (χ4v) is 8.00. The van der Waals surface area contributed by atoms with Crippen molar-refractivity contribution < 1.29 is 0 Å². The van der Waals surface area contributed by atoms with Gasteiger partial charge in [0.2, 0.25) is 0 Å². The molecule has 9 rings (SSSR count). The van der Waals surface area contributed by atoms with Crippen molar-refractivity contribution >= 4 is 54.9 Å². The zero-order valence-corrected chi connectivity index (χ0v) is 26.7. The molecule has 49 heavy (non-hydrogen) atoms. The normalized spacial score (nSPS) is 17.7. The van der Waals surface area contributed by atoms with Gasteiger partial charge in [0.1, 0.15) is 0 Å². The molecule has 230 valence electrons. The molecule has 2 aliphatic carbocycles. The summed E-state index contributed by atoms with van der Waals surface area (Å²) in [5, 5.41) is 26.4. The third kappa shape index (κ3) is 4.36. The van der Waals surface area contributed by atoms with Crippen molar-refractivity contribution in [2.45, 2.75) is 6.42 Å². The molecule has 4 heteroatoms. The van der Waals surface area contributed by atoms with Crippen LogP contribution in [0.3, 0.4) is 0 Å². The SMILES string of the molecule is N#CC1=C(c2ccccc2-n2c3ccccc3c3ccccc32)C(C2C=CC=C(n3c4ccccc4c4ccccc43)C2C#N)=CCC=C1. The lowest BCUT2D eigenvalue weighted by atomic mass is 9.75. The molecule has 2 aliphatic rings. The zero-order chi connectivity index (χ0) is 32.9. The average Bonchev–Trinajstić information content (AvgIpc) is 3.58. The summed E-state index contributed by atoms with van der Waals surface area (Å²) < 4.78 is 4.57. The van der Waals surface area contributed by atoms with Crippen molar-refractivity contribution in [3.8, 4) is 17.8 Å². The summed E-state index contributed by atoms with van der Waals surface area (Å²) in [6.45, 7) is 0. The Labute approximate surface area is 284 Å². The van der Waals surface area contributed by atoms with E-state index in [4.69, 9.17) is 0 Å². The third-order valence-corrected chi connectivity index (χ3v) is 10.0. The van der Waals surface area contributed by atoms with E-state index < -0.39 is 5.92 Å². The van der Waals surface area contributed by atoms with Crippen LogP contribution in [-0.2, 0) is 0 Å². The zero-order valence-electron chi connectivity index (χ0n) is 26.7. The van der Waals surface area contributed by atoms with Gasteiger partial charge in [-0.15, -0.1) is 0 Å². The maximum atomic E-state index is 11.0. The second-order valence-electron chi connectivity index (χ2n) is 12.6. The highest BCUT2D eigenvalue weighted by Crippen LogP contribution is 2.46. The van der Waals surface area contributed by atoms with Crippen molar-refractivity contribution in [2.24, 2.45) is 11.8 Å². The largest absolute Gasteiger partial charge is 0.312 e. The second kappa shape index (κ2) is 11.6. The number of aromatic nitrogens is 2. The van der Waals surface area contributed by atoms with Crippen molar-refractivity contribution in [2.75, 3.05) is 0 Å². The van der Waals surface area contributed by atoms with Gasteiger partial charge in [-0.3, -0.25) is 0 Å². The number of fused-ring (bicyclic) bond motifs is 6. The van der Waals surface area contributed by atoms with Gasteiger partial charge in [-0.05, 0) is 54.5 Å². The first kappa shape index (κ1) is 28.6. The van der Waals surface area contributed by atoms with Crippen LogP contribution < -0.4 is 0 Å². The van der Waals surface area contributed by atoms with Crippen molar-refractivity contribution in [3.05, 3.63) is 174 Å². The van der Waals surface area contributed by atoms with Crippen molar-refractivity contribution in [3.63, 3.8) is 0 Å². The molecule has 0 saturated carbocycles. The molecule has 2 atom stereocenters. The van der Waals surface area contributed by atoms with Crippen LogP contribution in [0.15, 0.2) is 169 Å².